The van der Waals surface area contributed by atoms with Gasteiger partial charge in [-0.25, -0.2) is 14.6 Å². The summed E-state index contributed by atoms with van der Waals surface area (Å²) in [5.74, 6) is 3.19. The number of fused-ring (bicyclic) bond motifs is 2. The number of benzene rings is 1. The summed E-state index contributed by atoms with van der Waals surface area (Å²) in [7, 11) is 1.66. The number of aliphatic hydroxyl groups is 1. The first-order valence-electron chi connectivity index (χ1n) is 10.9. The maximum absolute atomic E-state index is 11.7. The Hall–Kier alpha value is -2.93. The number of hydrogen-bond acceptors (Lipinski definition) is 6. The van der Waals surface area contributed by atoms with Gasteiger partial charge in [0.05, 0.1) is 18.4 Å². The molecule has 4 heterocycles. The third-order valence-corrected chi connectivity index (χ3v) is 6.68. The fourth-order valence-corrected chi connectivity index (χ4v) is 5.49. The van der Waals surface area contributed by atoms with Crippen LogP contribution in [0.5, 0.6) is 5.75 Å². The number of anilines is 1. The molecule has 2 bridgehead atoms. The molecule has 31 heavy (non-hydrogen) atoms. The van der Waals surface area contributed by atoms with Crippen LogP contribution in [0.3, 0.4) is 0 Å². The van der Waals surface area contributed by atoms with E-state index in [1.165, 1.54) is 0 Å². The third kappa shape index (κ3) is 3.37. The van der Waals surface area contributed by atoms with Gasteiger partial charge in [0.25, 0.3) is 0 Å². The molecule has 0 radical (unpaired) electrons. The zero-order valence-corrected chi connectivity index (χ0v) is 18.5. The lowest BCUT2D eigenvalue weighted by Crippen LogP contribution is -2.50. The van der Waals surface area contributed by atoms with Crippen LogP contribution in [0.15, 0.2) is 36.4 Å². The molecule has 3 aromatic rings. The summed E-state index contributed by atoms with van der Waals surface area (Å²) in [6.07, 6.45) is 3.39. The third-order valence-electron chi connectivity index (χ3n) is 6.68. The highest BCUT2D eigenvalue weighted by Crippen LogP contribution is 2.49. The molecule has 0 saturated carbocycles. The second-order valence-electron chi connectivity index (χ2n) is 8.90. The van der Waals surface area contributed by atoms with Gasteiger partial charge in [-0.1, -0.05) is 18.2 Å². The van der Waals surface area contributed by atoms with Crippen LogP contribution in [-0.2, 0) is 5.60 Å². The van der Waals surface area contributed by atoms with Gasteiger partial charge in [-0.2, -0.15) is 5.10 Å². The maximum atomic E-state index is 11.7. The maximum Gasteiger partial charge on any atom is 0.159 e. The minimum atomic E-state index is -0.893. The second kappa shape index (κ2) is 7.34. The van der Waals surface area contributed by atoms with E-state index in [0.717, 1.165) is 53.0 Å². The summed E-state index contributed by atoms with van der Waals surface area (Å²) < 4.78 is 7.44. The molecule has 2 atom stereocenters. The van der Waals surface area contributed by atoms with Crippen molar-refractivity contribution < 1.29 is 9.84 Å². The smallest absolute Gasteiger partial charge is 0.159 e. The summed E-state index contributed by atoms with van der Waals surface area (Å²) in [6.45, 7) is 5.95. The summed E-state index contributed by atoms with van der Waals surface area (Å²) in [5.41, 5.74) is 2.01. The van der Waals surface area contributed by atoms with Gasteiger partial charge in [0, 0.05) is 42.2 Å². The molecular formula is C24H29N5O2. The summed E-state index contributed by atoms with van der Waals surface area (Å²) >= 11 is 0. The largest absolute Gasteiger partial charge is 0.496 e. The van der Waals surface area contributed by atoms with Crippen LogP contribution >= 0.6 is 0 Å². The number of rotatable bonds is 4. The Morgan fingerprint density at radius 1 is 1.00 bits per heavy atom. The molecule has 0 amide bonds. The summed E-state index contributed by atoms with van der Waals surface area (Å²) in [6, 6.07) is 12.4. The zero-order chi connectivity index (χ0) is 21.8. The van der Waals surface area contributed by atoms with E-state index in [1.807, 2.05) is 55.8 Å². The molecule has 7 heteroatoms. The molecule has 1 aromatic carbocycles. The number of ether oxygens (including phenoxy) is 1. The molecule has 162 valence electrons. The van der Waals surface area contributed by atoms with E-state index in [0.29, 0.717) is 12.8 Å². The molecule has 2 aliphatic heterocycles. The van der Waals surface area contributed by atoms with Gasteiger partial charge >= 0.3 is 0 Å². The molecule has 2 aliphatic rings. The topological polar surface area (TPSA) is 76.3 Å². The molecule has 7 nitrogen and oxygen atoms in total. The lowest BCUT2D eigenvalue weighted by Gasteiger charge is -2.45. The fourth-order valence-electron chi connectivity index (χ4n) is 5.49. The second-order valence-corrected chi connectivity index (χ2v) is 8.90. The molecule has 0 aliphatic carbocycles. The van der Waals surface area contributed by atoms with Crippen molar-refractivity contribution in [2.45, 2.75) is 64.1 Å². The van der Waals surface area contributed by atoms with Gasteiger partial charge < -0.3 is 14.7 Å². The average molecular weight is 420 g/mol. The number of hydrogen-bond donors (Lipinski definition) is 1. The van der Waals surface area contributed by atoms with Gasteiger partial charge in [-0.15, -0.1) is 0 Å². The molecule has 2 aromatic heterocycles. The van der Waals surface area contributed by atoms with Crippen LogP contribution in [0, 0.1) is 20.8 Å². The van der Waals surface area contributed by atoms with Crippen LogP contribution in [0.1, 0.15) is 48.5 Å². The highest BCUT2D eigenvalue weighted by atomic mass is 16.5. The first kappa shape index (κ1) is 20.0. The molecule has 2 saturated heterocycles. The first-order valence-corrected chi connectivity index (χ1v) is 10.9. The van der Waals surface area contributed by atoms with Gasteiger partial charge in [-0.3, -0.25) is 0 Å². The van der Waals surface area contributed by atoms with Crippen molar-refractivity contribution in [3.63, 3.8) is 0 Å². The van der Waals surface area contributed by atoms with Crippen molar-refractivity contribution in [1.29, 1.82) is 0 Å². The Bertz CT molecular complexity index is 1110. The Morgan fingerprint density at radius 3 is 2.32 bits per heavy atom. The molecule has 2 unspecified atom stereocenters. The standard InChI is InChI=1S/C24H29N5O2/c1-15-11-16(2)29(27-15)23-12-22(25-17(3)26-23)28-18-9-10-19(28)14-24(30,13-18)20-7-5-6-8-21(20)31-4/h5-8,11-12,18-19,30H,9-10,13-14H2,1-4H3. The Morgan fingerprint density at radius 2 is 1.68 bits per heavy atom. The van der Waals surface area contributed by atoms with E-state index in [4.69, 9.17) is 9.72 Å². The SMILES string of the molecule is COc1ccccc1C1(O)CC2CCC(C1)N2c1cc(-n2nc(C)cc2C)nc(C)n1. The molecule has 1 N–H and O–H groups in total. The number of aryl methyl sites for hydroxylation is 3. The van der Waals surface area contributed by atoms with Crippen molar-refractivity contribution >= 4 is 5.82 Å². The van der Waals surface area contributed by atoms with Crippen molar-refractivity contribution in [3.05, 3.63) is 59.2 Å². The van der Waals surface area contributed by atoms with Gasteiger partial charge in [0.2, 0.25) is 0 Å². The first-order chi connectivity index (χ1) is 14.9. The number of nitrogens with zero attached hydrogens (tertiary/aromatic N) is 5. The monoisotopic (exact) mass is 419 g/mol. The highest BCUT2D eigenvalue weighted by Gasteiger charge is 2.49. The normalized spacial score (nSPS) is 25.1. The van der Waals surface area contributed by atoms with Crippen LogP contribution in [0.2, 0.25) is 0 Å². The molecule has 2 fully saturated rings. The van der Waals surface area contributed by atoms with Crippen LogP contribution in [-0.4, -0.2) is 44.0 Å². The molecule has 0 spiro atoms. The highest BCUT2D eigenvalue weighted by molar-refractivity contribution is 5.50. The minimum Gasteiger partial charge on any atom is -0.496 e. The van der Waals surface area contributed by atoms with Crippen LogP contribution in [0.4, 0.5) is 5.82 Å². The lowest BCUT2D eigenvalue weighted by atomic mass is 9.80. The number of aromatic nitrogens is 4. The number of piperidine rings is 1. The predicted molar refractivity (Wildman–Crippen MR) is 119 cm³/mol. The van der Waals surface area contributed by atoms with Crippen LogP contribution < -0.4 is 9.64 Å². The summed E-state index contributed by atoms with van der Waals surface area (Å²) in [4.78, 5) is 11.8. The molecular weight excluding hydrogens is 390 g/mol. The van der Waals surface area contributed by atoms with E-state index in [2.05, 4.69) is 21.0 Å². The van der Waals surface area contributed by atoms with Gasteiger partial charge in [-0.05, 0) is 45.7 Å². The van der Waals surface area contributed by atoms with E-state index < -0.39 is 5.60 Å². The average Bonchev–Trinajstić information content (AvgIpc) is 3.23. The Kier molecular flexibility index (Phi) is 4.73. The van der Waals surface area contributed by atoms with E-state index >= 15 is 0 Å². The van der Waals surface area contributed by atoms with Crippen molar-refractivity contribution in [2.75, 3.05) is 12.0 Å². The fraction of sp³-hybridized carbons (Fsp3) is 0.458. The molecule has 5 rings (SSSR count). The quantitative estimate of drug-likeness (QED) is 0.696. The number of para-hydroxylation sites is 1. The van der Waals surface area contributed by atoms with Crippen molar-refractivity contribution in [1.82, 2.24) is 19.7 Å². The number of methoxy groups -OCH3 is 1. The minimum absolute atomic E-state index is 0.219. The van der Waals surface area contributed by atoms with Crippen molar-refractivity contribution in [3.8, 4) is 11.6 Å². The van der Waals surface area contributed by atoms with Gasteiger partial charge in [0.1, 0.15) is 17.4 Å². The summed E-state index contributed by atoms with van der Waals surface area (Å²) in [5, 5.41) is 16.3. The Balaban J connectivity index is 1.49. The van der Waals surface area contributed by atoms with E-state index in [9.17, 15) is 5.11 Å². The Labute approximate surface area is 182 Å². The van der Waals surface area contributed by atoms with Crippen molar-refractivity contribution in [2.24, 2.45) is 0 Å². The van der Waals surface area contributed by atoms with Crippen LogP contribution in [0.25, 0.3) is 5.82 Å². The van der Waals surface area contributed by atoms with Gasteiger partial charge in [0.15, 0.2) is 5.82 Å². The van der Waals surface area contributed by atoms with E-state index in [1.54, 1.807) is 7.11 Å². The predicted octanol–water partition coefficient (Wildman–Crippen LogP) is 3.62. The van der Waals surface area contributed by atoms with E-state index in [-0.39, 0.29) is 12.1 Å². The lowest BCUT2D eigenvalue weighted by molar-refractivity contribution is -0.00508. The zero-order valence-electron chi connectivity index (χ0n) is 18.5.